The van der Waals surface area contributed by atoms with E-state index in [-0.39, 0.29) is 12.6 Å². The Labute approximate surface area is 127 Å². The van der Waals surface area contributed by atoms with Crippen LogP contribution in [0.15, 0.2) is 23.1 Å². The van der Waals surface area contributed by atoms with Crippen molar-refractivity contribution in [1.29, 1.82) is 0 Å². The van der Waals surface area contributed by atoms with Crippen molar-refractivity contribution in [2.75, 3.05) is 26.7 Å². The summed E-state index contributed by atoms with van der Waals surface area (Å²) in [5.74, 6) is 0. The molecule has 2 rings (SSSR count). The highest BCUT2D eigenvalue weighted by molar-refractivity contribution is 7.89. The van der Waals surface area contributed by atoms with Gasteiger partial charge in [-0.05, 0) is 37.6 Å². The lowest BCUT2D eigenvalue weighted by Gasteiger charge is -2.37. The zero-order valence-corrected chi connectivity index (χ0v) is 13.7. The summed E-state index contributed by atoms with van der Waals surface area (Å²) in [7, 11) is -1.51. The van der Waals surface area contributed by atoms with Gasteiger partial charge in [-0.1, -0.05) is 19.1 Å². The average Bonchev–Trinajstić information content (AvgIpc) is 2.46. The van der Waals surface area contributed by atoms with E-state index in [1.165, 1.54) is 0 Å². The third-order valence-electron chi connectivity index (χ3n) is 4.05. The lowest BCUT2D eigenvalue weighted by Crippen LogP contribution is -2.52. The molecule has 6 heteroatoms. The van der Waals surface area contributed by atoms with Crippen LogP contribution in [0.25, 0.3) is 0 Å². The molecule has 0 aromatic heterocycles. The van der Waals surface area contributed by atoms with E-state index in [0.29, 0.717) is 23.4 Å². The average molecular weight is 312 g/mol. The molecule has 1 aliphatic heterocycles. The fourth-order valence-corrected chi connectivity index (χ4v) is 4.80. The maximum Gasteiger partial charge on any atom is 0.243 e. The van der Waals surface area contributed by atoms with Crippen LogP contribution >= 0.6 is 0 Å². The normalized spacial score (nSPS) is 21.6. The molecule has 0 spiro atoms. The van der Waals surface area contributed by atoms with Crippen molar-refractivity contribution in [2.45, 2.75) is 37.8 Å². The van der Waals surface area contributed by atoms with Crippen LogP contribution in [0.3, 0.4) is 0 Å². The highest BCUT2D eigenvalue weighted by Crippen LogP contribution is 2.25. The first-order valence-electron chi connectivity index (χ1n) is 7.33. The lowest BCUT2D eigenvalue weighted by molar-refractivity contribution is 0.170. The van der Waals surface area contributed by atoms with Gasteiger partial charge in [0.15, 0.2) is 0 Å². The van der Waals surface area contributed by atoms with Gasteiger partial charge in [0.1, 0.15) is 0 Å². The van der Waals surface area contributed by atoms with Gasteiger partial charge in [0, 0.05) is 25.7 Å². The molecule has 0 amide bonds. The number of rotatable bonds is 4. The highest BCUT2D eigenvalue weighted by Gasteiger charge is 2.33. The van der Waals surface area contributed by atoms with Crippen LogP contribution in [-0.4, -0.2) is 55.5 Å². The Bertz CT molecular complexity index is 601. The summed E-state index contributed by atoms with van der Waals surface area (Å²) in [4.78, 5) is 2.48. The molecule has 0 saturated carbocycles. The number of hydrogen-bond donors (Lipinski definition) is 1. The van der Waals surface area contributed by atoms with Gasteiger partial charge in [0.05, 0.1) is 11.5 Å². The van der Waals surface area contributed by atoms with E-state index >= 15 is 0 Å². The van der Waals surface area contributed by atoms with Crippen molar-refractivity contribution in [3.05, 3.63) is 29.3 Å². The smallest absolute Gasteiger partial charge is 0.243 e. The number of nitrogens with zero attached hydrogens (tertiary/aromatic N) is 2. The number of aryl methyl sites for hydroxylation is 1. The Morgan fingerprint density at radius 1 is 1.33 bits per heavy atom. The zero-order chi connectivity index (χ0) is 15.6. The highest BCUT2D eigenvalue weighted by atomic mass is 32.2. The number of sulfonamides is 1. The third-order valence-corrected chi connectivity index (χ3v) is 6.15. The second-order valence-corrected chi connectivity index (χ2v) is 7.54. The van der Waals surface area contributed by atoms with Gasteiger partial charge in [-0.2, -0.15) is 4.31 Å². The minimum Gasteiger partial charge on any atom is -0.392 e. The molecule has 1 aromatic rings. The summed E-state index contributed by atoms with van der Waals surface area (Å²) in [6.45, 7) is 5.72. The molecular weight excluding hydrogens is 288 g/mol. The van der Waals surface area contributed by atoms with Crippen molar-refractivity contribution >= 4 is 10.0 Å². The fraction of sp³-hybridized carbons (Fsp3) is 0.600. The second kappa shape index (κ2) is 6.44. The summed E-state index contributed by atoms with van der Waals surface area (Å²) in [5.41, 5.74) is 1.44. The molecule has 1 aliphatic rings. The second-order valence-electron chi connectivity index (χ2n) is 5.68. The standard InChI is InChI=1S/C15H24N2O3S/c1-4-14-6-5-13(11-18)9-15(14)21(19,20)17-8-7-16(3)10-12(17)2/h5-6,9,12,18H,4,7-8,10-11H2,1-3H3. The number of piperazine rings is 1. The number of aliphatic hydroxyl groups excluding tert-OH is 1. The van der Waals surface area contributed by atoms with E-state index in [4.69, 9.17) is 0 Å². The monoisotopic (exact) mass is 312 g/mol. The topological polar surface area (TPSA) is 60.9 Å². The van der Waals surface area contributed by atoms with Gasteiger partial charge in [-0.3, -0.25) is 0 Å². The molecule has 1 unspecified atom stereocenters. The molecule has 0 bridgehead atoms. The summed E-state index contributed by atoms with van der Waals surface area (Å²) in [5, 5.41) is 9.27. The fourth-order valence-electron chi connectivity index (χ4n) is 2.84. The minimum absolute atomic E-state index is 0.0451. The lowest BCUT2D eigenvalue weighted by atomic mass is 10.1. The predicted octanol–water partition coefficient (Wildman–Crippen LogP) is 1.07. The quantitative estimate of drug-likeness (QED) is 0.903. The Hall–Kier alpha value is -0.950. The first-order chi connectivity index (χ1) is 9.90. The number of aliphatic hydroxyl groups is 1. The van der Waals surface area contributed by atoms with Crippen LogP contribution in [0.2, 0.25) is 0 Å². The predicted molar refractivity (Wildman–Crippen MR) is 82.6 cm³/mol. The summed E-state index contributed by atoms with van der Waals surface area (Å²) in [6, 6.07) is 5.15. The van der Waals surface area contributed by atoms with Crippen molar-refractivity contribution in [3.63, 3.8) is 0 Å². The van der Waals surface area contributed by atoms with E-state index in [0.717, 1.165) is 18.7 Å². The molecule has 0 radical (unpaired) electrons. The van der Waals surface area contributed by atoms with Crippen LogP contribution < -0.4 is 0 Å². The number of likely N-dealkylation sites (N-methyl/N-ethyl adjacent to an activating group) is 1. The molecule has 1 heterocycles. The first kappa shape index (κ1) is 16.4. The SMILES string of the molecule is CCc1ccc(CO)cc1S(=O)(=O)N1CCN(C)CC1C. The van der Waals surface area contributed by atoms with Gasteiger partial charge in [-0.15, -0.1) is 0 Å². The Balaban J connectivity index is 2.43. The van der Waals surface area contributed by atoms with Gasteiger partial charge in [0.2, 0.25) is 10.0 Å². The maximum absolute atomic E-state index is 13.0. The van der Waals surface area contributed by atoms with E-state index in [2.05, 4.69) is 4.90 Å². The van der Waals surface area contributed by atoms with Gasteiger partial charge in [0.25, 0.3) is 0 Å². The van der Waals surface area contributed by atoms with Crippen LogP contribution in [0.5, 0.6) is 0 Å². The van der Waals surface area contributed by atoms with Crippen LogP contribution in [-0.2, 0) is 23.1 Å². The summed E-state index contributed by atoms with van der Waals surface area (Å²) in [6.07, 6.45) is 0.655. The molecule has 1 atom stereocenters. The molecule has 1 fully saturated rings. The van der Waals surface area contributed by atoms with E-state index in [1.54, 1.807) is 22.5 Å². The van der Waals surface area contributed by atoms with Gasteiger partial charge >= 0.3 is 0 Å². The Kier molecular flexibility index (Phi) is 5.03. The van der Waals surface area contributed by atoms with Crippen LogP contribution in [0.1, 0.15) is 25.0 Å². The van der Waals surface area contributed by atoms with Gasteiger partial charge in [-0.25, -0.2) is 8.42 Å². The van der Waals surface area contributed by atoms with Crippen molar-refractivity contribution in [3.8, 4) is 0 Å². The maximum atomic E-state index is 13.0. The third kappa shape index (κ3) is 3.29. The summed E-state index contributed by atoms with van der Waals surface area (Å²) >= 11 is 0. The molecule has 0 aliphatic carbocycles. The zero-order valence-electron chi connectivity index (χ0n) is 12.9. The van der Waals surface area contributed by atoms with E-state index in [9.17, 15) is 13.5 Å². The van der Waals surface area contributed by atoms with Crippen LogP contribution in [0, 0.1) is 0 Å². The molecule has 1 aromatic carbocycles. The molecule has 1 N–H and O–H groups in total. The van der Waals surface area contributed by atoms with E-state index < -0.39 is 10.0 Å². The van der Waals surface area contributed by atoms with Crippen molar-refractivity contribution in [2.24, 2.45) is 0 Å². The van der Waals surface area contributed by atoms with Gasteiger partial charge < -0.3 is 10.0 Å². The largest absolute Gasteiger partial charge is 0.392 e. The Morgan fingerprint density at radius 2 is 2.05 bits per heavy atom. The van der Waals surface area contributed by atoms with Crippen LogP contribution in [0.4, 0.5) is 0 Å². The van der Waals surface area contributed by atoms with E-state index in [1.807, 2.05) is 20.9 Å². The molecule has 21 heavy (non-hydrogen) atoms. The molecule has 118 valence electrons. The van der Waals surface area contributed by atoms with Crippen molar-refractivity contribution in [1.82, 2.24) is 9.21 Å². The minimum atomic E-state index is -3.51. The number of hydrogen-bond acceptors (Lipinski definition) is 4. The first-order valence-corrected chi connectivity index (χ1v) is 8.77. The molecular formula is C15H24N2O3S. The Morgan fingerprint density at radius 3 is 2.62 bits per heavy atom. The summed E-state index contributed by atoms with van der Waals surface area (Å²) < 4.78 is 27.5. The number of benzene rings is 1. The van der Waals surface area contributed by atoms with Crippen molar-refractivity contribution < 1.29 is 13.5 Å². The molecule has 1 saturated heterocycles. The molecule has 5 nitrogen and oxygen atoms in total.